The Kier molecular flexibility index (Phi) is 4.51. The summed E-state index contributed by atoms with van der Waals surface area (Å²) in [7, 11) is 0. The van der Waals surface area contributed by atoms with Gasteiger partial charge in [-0.25, -0.2) is 0 Å². The fourth-order valence-corrected chi connectivity index (χ4v) is 4.29. The maximum Gasteiger partial charge on any atom is 0.124 e. The monoisotopic (exact) mass is 288 g/mol. The van der Waals surface area contributed by atoms with Crippen molar-refractivity contribution in [1.82, 2.24) is 4.90 Å². The van der Waals surface area contributed by atoms with Crippen LogP contribution in [-0.4, -0.2) is 30.1 Å². The Labute approximate surface area is 128 Å². The lowest BCUT2D eigenvalue weighted by molar-refractivity contribution is 0.0909. The molecule has 1 heterocycles. The number of benzene rings is 1. The molecule has 116 valence electrons. The number of rotatable bonds is 5. The number of para-hydroxylation sites is 1. The van der Waals surface area contributed by atoms with Crippen LogP contribution < -0.4 is 10.5 Å². The van der Waals surface area contributed by atoms with Gasteiger partial charge in [0.15, 0.2) is 0 Å². The van der Waals surface area contributed by atoms with E-state index in [-0.39, 0.29) is 11.6 Å². The SMILES string of the molecule is CCOc1ccccc1C(N)C1(N2CCCC2)CCCC1. The van der Waals surface area contributed by atoms with Crippen LogP contribution in [0.4, 0.5) is 0 Å². The van der Waals surface area contributed by atoms with E-state index in [0.717, 1.165) is 5.75 Å². The summed E-state index contributed by atoms with van der Waals surface area (Å²) >= 11 is 0. The van der Waals surface area contributed by atoms with Gasteiger partial charge in [0.25, 0.3) is 0 Å². The molecule has 0 spiro atoms. The van der Waals surface area contributed by atoms with Crippen molar-refractivity contribution < 1.29 is 4.74 Å². The highest BCUT2D eigenvalue weighted by atomic mass is 16.5. The first-order chi connectivity index (χ1) is 10.3. The predicted molar refractivity (Wildman–Crippen MR) is 86.5 cm³/mol. The first-order valence-corrected chi connectivity index (χ1v) is 8.50. The van der Waals surface area contributed by atoms with Gasteiger partial charge in [-0.15, -0.1) is 0 Å². The number of nitrogens with two attached hydrogens (primary N) is 1. The topological polar surface area (TPSA) is 38.5 Å². The summed E-state index contributed by atoms with van der Waals surface area (Å²) in [4.78, 5) is 2.67. The summed E-state index contributed by atoms with van der Waals surface area (Å²) in [6.07, 6.45) is 7.72. The van der Waals surface area contributed by atoms with E-state index >= 15 is 0 Å². The minimum absolute atomic E-state index is 0.0563. The zero-order valence-electron chi connectivity index (χ0n) is 13.2. The van der Waals surface area contributed by atoms with E-state index in [9.17, 15) is 0 Å². The molecule has 1 aliphatic heterocycles. The molecule has 3 rings (SSSR count). The molecule has 1 atom stereocenters. The van der Waals surface area contributed by atoms with Crippen molar-refractivity contribution in [3.63, 3.8) is 0 Å². The molecule has 1 aliphatic carbocycles. The maximum atomic E-state index is 6.82. The van der Waals surface area contributed by atoms with Gasteiger partial charge in [-0.3, -0.25) is 4.90 Å². The van der Waals surface area contributed by atoms with Crippen molar-refractivity contribution >= 4 is 0 Å². The summed E-state index contributed by atoms with van der Waals surface area (Å²) in [6.45, 7) is 5.16. The summed E-state index contributed by atoms with van der Waals surface area (Å²) in [5.74, 6) is 0.970. The standard InChI is InChI=1S/C18H28N2O/c1-2-21-16-10-4-3-9-15(16)17(19)18(11-5-6-12-18)20-13-7-8-14-20/h3-4,9-10,17H,2,5-8,11-14,19H2,1H3. The number of nitrogens with zero attached hydrogens (tertiary/aromatic N) is 1. The Morgan fingerprint density at radius 3 is 2.48 bits per heavy atom. The number of likely N-dealkylation sites (tertiary alicyclic amines) is 1. The lowest BCUT2D eigenvalue weighted by Crippen LogP contribution is -2.52. The van der Waals surface area contributed by atoms with Gasteiger partial charge >= 0.3 is 0 Å². The van der Waals surface area contributed by atoms with Crippen LogP contribution in [-0.2, 0) is 0 Å². The average molecular weight is 288 g/mol. The van der Waals surface area contributed by atoms with Crippen LogP contribution >= 0.6 is 0 Å². The van der Waals surface area contributed by atoms with Crippen LogP contribution in [0.2, 0.25) is 0 Å². The van der Waals surface area contributed by atoms with E-state index in [2.05, 4.69) is 23.1 Å². The summed E-state index contributed by atoms with van der Waals surface area (Å²) in [5, 5.41) is 0. The molecule has 1 aromatic carbocycles. The van der Waals surface area contributed by atoms with Crippen molar-refractivity contribution in [2.75, 3.05) is 19.7 Å². The van der Waals surface area contributed by atoms with E-state index in [1.54, 1.807) is 0 Å². The van der Waals surface area contributed by atoms with Crippen molar-refractivity contribution in [2.24, 2.45) is 5.73 Å². The van der Waals surface area contributed by atoms with E-state index in [4.69, 9.17) is 10.5 Å². The van der Waals surface area contributed by atoms with Crippen molar-refractivity contribution in [3.05, 3.63) is 29.8 Å². The maximum absolute atomic E-state index is 6.82. The Balaban J connectivity index is 1.92. The van der Waals surface area contributed by atoms with Crippen molar-refractivity contribution in [1.29, 1.82) is 0 Å². The van der Waals surface area contributed by atoms with Gasteiger partial charge in [0.1, 0.15) is 5.75 Å². The number of hydrogen-bond donors (Lipinski definition) is 1. The highest BCUT2D eigenvalue weighted by Gasteiger charge is 2.46. The third-order valence-electron chi connectivity index (χ3n) is 5.34. The van der Waals surface area contributed by atoms with Gasteiger partial charge in [-0.1, -0.05) is 31.0 Å². The first-order valence-electron chi connectivity index (χ1n) is 8.50. The first kappa shape index (κ1) is 14.9. The van der Waals surface area contributed by atoms with Gasteiger partial charge < -0.3 is 10.5 Å². The molecule has 1 saturated heterocycles. The Bertz CT molecular complexity index is 462. The summed E-state index contributed by atoms with van der Waals surface area (Å²) in [6, 6.07) is 8.40. The summed E-state index contributed by atoms with van der Waals surface area (Å²) < 4.78 is 5.83. The Hall–Kier alpha value is -1.06. The second-order valence-electron chi connectivity index (χ2n) is 6.45. The Morgan fingerprint density at radius 2 is 1.81 bits per heavy atom. The van der Waals surface area contributed by atoms with Crippen LogP contribution in [0.5, 0.6) is 5.75 Å². The fraction of sp³-hybridized carbons (Fsp3) is 0.667. The highest BCUT2D eigenvalue weighted by molar-refractivity contribution is 5.38. The van der Waals surface area contributed by atoms with Gasteiger partial charge in [-0.2, -0.15) is 0 Å². The predicted octanol–water partition coefficient (Wildman–Crippen LogP) is 3.49. The zero-order valence-corrected chi connectivity index (χ0v) is 13.2. The molecule has 2 N–H and O–H groups in total. The zero-order chi connectivity index (χ0) is 14.7. The van der Waals surface area contributed by atoms with Crippen LogP contribution in [0, 0.1) is 0 Å². The van der Waals surface area contributed by atoms with Crippen LogP contribution in [0.25, 0.3) is 0 Å². The molecule has 1 unspecified atom stereocenters. The molecule has 3 heteroatoms. The largest absolute Gasteiger partial charge is 0.494 e. The molecule has 1 saturated carbocycles. The molecule has 21 heavy (non-hydrogen) atoms. The quantitative estimate of drug-likeness (QED) is 0.901. The van der Waals surface area contributed by atoms with Crippen LogP contribution in [0.1, 0.15) is 57.1 Å². The molecule has 0 amide bonds. The van der Waals surface area contributed by atoms with Crippen LogP contribution in [0.15, 0.2) is 24.3 Å². The molecular formula is C18H28N2O. The fourth-order valence-electron chi connectivity index (χ4n) is 4.29. The number of ether oxygens (including phenoxy) is 1. The van der Waals surface area contributed by atoms with Crippen molar-refractivity contribution in [2.45, 2.75) is 57.0 Å². The third-order valence-corrected chi connectivity index (χ3v) is 5.34. The minimum atomic E-state index is 0.0563. The minimum Gasteiger partial charge on any atom is -0.494 e. The molecule has 2 fully saturated rings. The van der Waals surface area contributed by atoms with Gasteiger partial charge in [0, 0.05) is 11.1 Å². The van der Waals surface area contributed by atoms with E-state index in [0.29, 0.717) is 6.61 Å². The van der Waals surface area contributed by atoms with Gasteiger partial charge in [0.05, 0.1) is 12.6 Å². The second kappa shape index (κ2) is 6.37. The lowest BCUT2D eigenvalue weighted by Gasteiger charge is -2.44. The van der Waals surface area contributed by atoms with E-state index in [1.807, 2.05) is 13.0 Å². The molecular weight excluding hydrogens is 260 g/mol. The van der Waals surface area contributed by atoms with Gasteiger partial charge in [-0.05, 0) is 51.8 Å². The van der Waals surface area contributed by atoms with E-state index in [1.165, 1.54) is 57.2 Å². The summed E-state index contributed by atoms with van der Waals surface area (Å²) in [5.41, 5.74) is 8.17. The van der Waals surface area contributed by atoms with Crippen molar-refractivity contribution in [3.8, 4) is 5.75 Å². The highest BCUT2D eigenvalue weighted by Crippen LogP contribution is 2.46. The van der Waals surface area contributed by atoms with Gasteiger partial charge in [0.2, 0.25) is 0 Å². The lowest BCUT2D eigenvalue weighted by atomic mass is 9.82. The normalized spacial score (nSPS) is 23.3. The molecule has 0 bridgehead atoms. The molecule has 1 aromatic rings. The molecule has 3 nitrogen and oxygen atoms in total. The molecule has 2 aliphatic rings. The molecule has 0 aromatic heterocycles. The smallest absolute Gasteiger partial charge is 0.124 e. The second-order valence-corrected chi connectivity index (χ2v) is 6.45. The van der Waals surface area contributed by atoms with E-state index < -0.39 is 0 Å². The molecule has 0 radical (unpaired) electrons. The third kappa shape index (κ3) is 2.69. The number of hydrogen-bond acceptors (Lipinski definition) is 3. The Morgan fingerprint density at radius 1 is 1.14 bits per heavy atom. The average Bonchev–Trinajstić information content (AvgIpc) is 3.19. The van der Waals surface area contributed by atoms with Crippen LogP contribution in [0.3, 0.4) is 0 Å².